The molecule has 21 heavy (non-hydrogen) atoms. The Morgan fingerprint density at radius 2 is 2.00 bits per heavy atom. The highest BCUT2D eigenvalue weighted by Gasteiger charge is 2.44. The molecule has 0 bridgehead atoms. The third-order valence-corrected chi connectivity index (χ3v) is 4.86. The fourth-order valence-corrected chi connectivity index (χ4v) is 3.78. The first-order chi connectivity index (χ1) is 9.88. The van der Waals surface area contributed by atoms with Crippen molar-refractivity contribution >= 4 is 23.6 Å². The van der Waals surface area contributed by atoms with Gasteiger partial charge in [0.05, 0.1) is 11.8 Å². The second kappa shape index (κ2) is 6.49. The summed E-state index contributed by atoms with van der Waals surface area (Å²) < 4.78 is -0.388. The predicted molar refractivity (Wildman–Crippen MR) is 83.2 cm³/mol. The zero-order chi connectivity index (χ0) is 15.5. The molecule has 1 heterocycles. The van der Waals surface area contributed by atoms with Crippen LogP contribution in [-0.4, -0.2) is 39.7 Å². The van der Waals surface area contributed by atoms with E-state index in [1.165, 1.54) is 0 Å². The van der Waals surface area contributed by atoms with Gasteiger partial charge in [0.1, 0.15) is 6.04 Å². The molecule has 114 valence electrons. The van der Waals surface area contributed by atoms with Crippen LogP contribution < -0.4 is 10.6 Å². The molecule has 0 radical (unpaired) electrons. The van der Waals surface area contributed by atoms with Crippen molar-refractivity contribution in [2.24, 2.45) is 0 Å². The van der Waals surface area contributed by atoms with Gasteiger partial charge in [0.2, 0.25) is 5.91 Å². The average molecular weight is 308 g/mol. The van der Waals surface area contributed by atoms with E-state index in [0.717, 1.165) is 5.56 Å². The Morgan fingerprint density at radius 3 is 2.57 bits per heavy atom. The maximum absolute atomic E-state index is 11.9. The molecule has 2 rings (SSSR count). The van der Waals surface area contributed by atoms with Gasteiger partial charge in [-0.25, -0.2) is 0 Å². The van der Waals surface area contributed by atoms with Gasteiger partial charge in [0, 0.05) is 11.3 Å². The van der Waals surface area contributed by atoms with E-state index in [4.69, 9.17) is 0 Å². The predicted octanol–water partition coefficient (Wildman–Crippen LogP) is 1.24. The molecular formula is C15H20N2O3S. The van der Waals surface area contributed by atoms with E-state index in [1.54, 1.807) is 11.8 Å². The molecule has 5 nitrogen and oxygen atoms in total. The molecule has 1 aliphatic rings. The Balaban J connectivity index is 1.81. The second-order valence-corrected chi connectivity index (χ2v) is 7.47. The molecule has 0 unspecified atom stereocenters. The van der Waals surface area contributed by atoms with Crippen LogP contribution in [0.5, 0.6) is 0 Å². The van der Waals surface area contributed by atoms with Gasteiger partial charge in [-0.15, -0.1) is 11.8 Å². The van der Waals surface area contributed by atoms with Gasteiger partial charge in [-0.1, -0.05) is 30.3 Å². The fourth-order valence-electron chi connectivity index (χ4n) is 2.37. The van der Waals surface area contributed by atoms with E-state index in [0.29, 0.717) is 13.0 Å². The van der Waals surface area contributed by atoms with Crippen LogP contribution in [0.1, 0.15) is 19.4 Å². The molecule has 1 aromatic carbocycles. The molecule has 1 saturated heterocycles. The smallest absolute Gasteiger partial charge is 0.322 e. The topological polar surface area (TPSA) is 78.4 Å². The lowest BCUT2D eigenvalue weighted by Gasteiger charge is -2.20. The summed E-state index contributed by atoms with van der Waals surface area (Å²) in [4.78, 5) is 23.1. The van der Waals surface area contributed by atoms with Crippen molar-refractivity contribution in [2.75, 3.05) is 6.54 Å². The number of aliphatic carboxylic acids is 1. The van der Waals surface area contributed by atoms with Gasteiger partial charge >= 0.3 is 5.97 Å². The Kier molecular flexibility index (Phi) is 4.90. The molecule has 6 heteroatoms. The van der Waals surface area contributed by atoms with Crippen molar-refractivity contribution in [3.63, 3.8) is 0 Å². The summed E-state index contributed by atoms with van der Waals surface area (Å²) in [7, 11) is 0. The highest BCUT2D eigenvalue weighted by Crippen LogP contribution is 2.37. The van der Waals surface area contributed by atoms with Gasteiger partial charge in [-0.3, -0.25) is 14.9 Å². The Labute approximate surface area is 128 Å². The number of carbonyl (C=O) groups excluding carboxylic acids is 1. The van der Waals surface area contributed by atoms with E-state index >= 15 is 0 Å². The molecule has 3 N–H and O–H groups in total. The van der Waals surface area contributed by atoms with E-state index in [2.05, 4.69) is 10.6 Å². The SMILES string of the molecule is CC1(C)S[C@H](CNC(=O)Cc2ccccc2)N[C@@H]1C(=O)O. The minimum absolute atomic E-state index is 0.0554. The summed E-state index contributed by atoms with van der Waals surface area (Å²) in [5, 5.41) is 15.0. The van der Waals surface area contributed by atoms with Gasteiger partial charge < -0.3 is 10.4 Å². The summed E-state index contributed by atoms with van der Waals surface area (Å²) in [6.45, 7) is 4.22. The molecule has 0 aromatic heterocycles. The number of thioether (sulfide) groups is 1. The summed E-state index contributed by atoms with van der Waals surface area (Å²) >= 11 is 1.55. The maximum Gasteiger partial charge on any atom is 0.322 e. The van der Waals surface area contributed by atoms with Crippen molar-refractivity contribution in [2.45, 2.75) is 36.4 Å². The number of benzene rings is 1. The zero-order valence-corrected chi connectivity index (χ0v) is 12.9. The number of hydrogen-bond donors (Lipinski definition) is 3. The van der Waals surface area contributed by atoms with Crippen LogP contribution in [0.25, 0.3) is 0 Å². The van der Waals surface area contributed by atoms with Crippen molar-refractivity contribution in [1.29, 1.82) is 0 Å². The minimum Gasteiger partial charge on any atom is -0.480 e. The molecule has 0 spiro atoms. The molecule has 1 aliphatic heterocycles. The number of carboxylic acids is 1. The van der Waals surface area contributed by atoms with Crippen LogP contribution in [0, 0.1) is 0 Å². The second-order valence-electron chi connectivity index (χ2n) is 5.61. The quantitative estimate of drug-likeness (QED) is 0.763. The Morgan fingerprint density at radius 1 is 1.33 bits per heavy atom. The first kappa shape index (κ1) is 15.9. The minimum atomic E-state index is -0.856. The number of rotatable bonds is 5. The van der Waals surface area contributed by atoms with Crippen LogP contribution in [0.4, 0.5) is 0 Å². The normalized spacial score (nSPS) is 23.7. The fraction of sp³-hybridized carbons (Fsp3) is 0.467. The lowest BCUT2D eigenvalue weighted by Crippen LogP contribution is -2.46. The van der Waals surface area contributed by atoms with Crippen molar-refractivity contribution in [3.8, 4) is 0 Å². The van der Waals surface area contributed by atoms with Crippen LogP contribution in [0.2, 0.25) is 0 Å². The standard InChI is InChI=1S/C15H20N2O3S/c1-15(2)13(14(19)20)17-12(21-15)9-16-11(18)8-10-6-4-3-5-7-10/h3-7,12-13,17H,8-9H2,1-2H3,(H,16,18)(H,19,20)/t12-,13-/m1/s1. The molecule has 1 amide bonds. The number of carbonyl (C=O) groups is 2. The first-order valence-electron chi connectivity index (χ1n) is 6.86. The molecule has 1 fully saturated rings. The third-order valence-electron chi connectivity index (χ3n) is 3.43. The first-order valence-corrected chi connectivity index (χ1v) is 7.74. The van der Waals surface area contributed by atoms with E-state index in [9.17, 15) is 14.7 Å². The number of carboxylic acid groups (broad SMARTS) is 1. The van der Waals surface area contributed by atoms with Crippen molar-refractivity contribution in [1.82, 2.24) is 10.6 Å². The summed E-state index contributed by atoms with van der Waals surface area (Å²) in [5.41, 5.74) is 0.964. The van der Waals surface area contributed by atoms with Crippen LogP contribution >= 0.6 is 11.8 Å². The molecule has 0 aliphatic carbocycles. The third kappa shape index (κ3) is 4.22. The average Bonchev–Trinajstić information content (AvgIpc) is 2.73. The van der Waals surface area contributed by atoms with Crippen LogP contribution in [0.15, 0.2) is 30.3 Å². The maximum atomic E-state index is 11.9. The van der Waals surface area contributed by atoms with Gasteiger partial charge in [-0.05, 0) is 19.4 Å². The Bertz CT molecular complexity index is 519. The molecule has 0 saturated carbocycles. The monoisotopic (exact) mass is 308 g/mol. The summed E-state index contributed by atoms with van der Waals surface area (Å²) in [6, 6.07) is 8.93. The number of hydrogen-bond acceptors (Lipinski definition) is 4. The van der Waals surface area contributed by atoms with Crippen molar-refractivity contribution in [3.05, 3.63) is 35.9 Å². The van der Waals surface area contributed by atoms with E-state index in [-0.39, 0.29) is 16.0 Å². The van der Waals surface area contributed by atoms with Crippen LogP contribution in [0.3, 0.4) is 0 Å². The van der Waals surface area contributed by atoms with Crippen LogP contribution in [-0.2, 0) is 16.0 Å². The summed E-state index contributed by atoms with van der Waals surface area (Å²) in [6.07, 6.45) is 0.337. The lowest BCUT2D eigenvalue weighted by molar-refractivity contribution is -0.139. The summed E-state index contributed by atoms with van der Waals surface area (Å²) in [5.74, 6) is -0.911. The highest BCUT2D eigenvalue weighted by molar-refractivity contribution is 8.01. The Hall–Kier alpha value is -1.53. The zero-order valence-electron chi connectivity index (χ0n) is 12.1. The largest absolute Gasteiger partial charge is 0.480 e. The number of nitrogens with one attached hydrogen (secondary N) is 2. The lowest BCUT2D eigenvalue weighted by atomic mass is 10.0. The van der Waals surface area contributed by atoms with Gasteiger partial charge in [0.15, 0.2) is 0 Å². The van der Waals surface area contributed by atoms with Gasteiger partial charge in [-0.2, -0.15) is 0 Å². The van der Waals surface area contributed by atoms with Gasteiger partial charge in [0.25, 0.3) is 0 Å². The number of amides is 1. The van der Waals surface area contributed by atoms with E-state index in [1.807, 2.05) is 44.2 Å². The molecule has 1 aromatic rings. The molecule has 2 atom stereocenters. The van der Waals surface area contributed by atoms with Crippen molar-refractivity contribution < 1.29 is 14.7 Å². The highest BCUT2D eigenvalue weighted by atomic mass is 32.2. The van der Waals surface area contributed by atoms with E-state index < -0.39 is 12.0 Å². The molecular weight excluding hydrogens is 288 g/mol.